The lowest BCUT2D eigenvalue weighted by molar-refractivity contribution is 0.414. The van der Waals surface area contributed by atoms with Crippen LogP contribution in [0.1, 0.15) is 11.1 Å². The molecule has 2 aromatic rings. The lowest BCUT2D eigenvalue weighted by Crippen LogP contribution is -1.85. The molecule has 0 saturated heterocycles. The topological polar surface area (TPSA) is 35.2 Å². The zero-order valence-electron chi connectivity index (χ0n) is 9.60. The number of rotatable bonds is 1. The molecule has 0 bridgehead atoms. The quantitative estimate of drug-likeness (QED) is 0.596. The van der Waals surface area contributed by atoms with Gasteiger partial charge in [-0.2, -0.15) is 0 Å². The van der Waals surface area contributed by atoms with Crippen LogP contribution in [-0.4, -0.2) is 7.11 Å². The molecular weight excluding hydrogens is 210 g/mol. The van der Waals surface area contributed by atoms with Crippen LogP contribution in [0.5, 0.6) is 5.75 Å². The summed E-state index contributed by atoms with van der Waals surface area (Å²) in [5.41, 5.74) is 8.24. The van der Waals surface area contributed by atoms with Gasteiger partial charge in [0.1, 0.15) is 5.75 Å². The number of ether oxygens (including phenoxy) is 1. The molecule has 0 radical (unpaired) electrons. The number of benzene rings is 2. The highest BCUT2D eigenvalue weighted by atomic mass is 16.5. The van der Waals surface area contributed by atoms with E-state index < -0.39 is 0 Å². The van der Waals surface area contributed by atoms with Gasteiger partial charge in [-0.15, -0.1) is 0 Å². The monoisotopic (exact) mass is 223 g/mol. The Morgan fingerprint density at radius 2 is 1.59 bits per heavy atom. The molecule has 0 unspecified atom stereocenters. The normalized spacial score (nSPS) is 9.24. The van der Waals surface area contributed by atoms with Crippen molar-refractivity contribution >= 4 is 5.69 Å². The molecule has 2 nitrogen and oxygen atoms in total. The van der Waals surface area contributed by atoms with Crippen LogP contribution in [0.15, 0.2) is 48.5 Å². The van der Waals surface area contributed by atoms with Crippen molar-refractivity contribution in [1.82, 2.24) is 0 Å². The fraction of sp³-hybridized carbons (Fsp3) is 0.0667. The molecule has 2 rings (SSSR count). The predicted molar refractivity (Wildman–Crippen MR) is 69.8 cm³/mol. The van der Waals surface area contributed by atoms with Gasteiger partial charge >= 0.3 is 0 Å². The molecule has 0 amide bonds. The minimum atomic E-state index is 0.724. The molecule has 2 N–H and O–H groups in total. The number of anilines is 1. The Kier molecular flexibility index (Phi) is 3.32. The van der Waals surface area contributed by atoms with Gasteiger partial charge in [0.05, 0.1) is 7.11 Å². The van der Waals surface area contributed by atoms with E-state index in [1.54, 1.807) is 7.11 Å². The summed E-state index contributed by atoms with van der Waals surface area (Å²) < 4.78 is 5.14. The summed E-state index contributed by atoms with van der Waals surface area (Å²) in [6, 6.07) is 15.2. The third-order valence-corrected chi connectivity index (χ3v) is 2.31. The Morgan fingerprint density at radius 1 is 0.941 bits per heavy atom. The first kappa shape index (κ1) is 11.1. The first-order valence-corrected chi connectivity index (χ1v) is 5.29. The van der Waals surface area contributed by atoms with Crippen molar-refractivity contribution in [2.45, 2.75) is 0 Å². The molecule has 84 valence electrons. The molecule has 0 saturated carbocycles. The Balaban J connectivity index is 2.26. The first-order chi connectivity index (χ1) is 8.28. The summed E-state index contributed by atoms with van der Waals surface area (Å²) in [6.07, 6.45) is 0. The van der Waals surface area contributed by atoms with Crippen LogP contribution in [-0.2, 0) is 0 Å². The van der Waals surface area contributed by atoms with Gasteiger partial charge in [-0.05, 0) is 36.4 Å². The van der Waals surface area contributed by atoms with Crippen molar-refractivity contribution in [1.29, 1.82) is 0 Å². The van der Waals surface area contributed by atoms with E-state index in [2.05, 4.69) is 11.8 Å². The molecule has 0 spiro atoms. The maximum Gasteiger partial charge on any atom is 0.120 e. The summed E-state index contributed by atoms with van der Waals surface area (Å²) in [4.78, 5) is 0. The number of hydrogen-bond donors (Lipinski definition) is 1. The van der Waals surface area contributed by atoms with Gasteiger partial charge in [0.15, 0.2) is 0 Å². The van der Waals surface area contributed by atoms with E-state index in [0.29, 0.717) is 0 Å². The SMILES string of the molecule is COc1cccc(C#Cc2cccc(N)c2)c1. The lowest BCUT2D eigenvalue weighted by atomic mass is 10.1. The molecular formula is C15H13NO. The summed E-state index contributed by atoms with van der Waals surface area (Å²) in [7, 11) is 1.64. The van der Waals surface area contributed by atoms with Crippen LogP contribution in [0.3, 0.4) is 0 Å². The van der Waals surface area contributed by atoms with Gasteiger partial charge in [-0.1, -0.05) is 24.0 Å². The van der Waals surface area contributed by atoms with Gasteiger partial charge in [0.25, 0.3) is 0 Å². The van der Waals surface area contributed by atoms with E-state index in [-0.39, 0.29) is 0 Å². The predicted octanol–water partition coefficient (Wildman–Crippen LogP) is 2.68. The Bertz CT molecular complexity index is 579. The molecule has 2 heteroatoms. The highest BCUT2D eigenvalue weighted by molar-refractivity contribution is 5.50. The van der Waals surface area contributed by atoms with Gasteiger partial charge in [-0.3, -0.25) is 0 Å². The average molecular weight is 223 g/mol. The summed E-state index contributed by atoms with van der Waals surface area (Å²) in [5, 5.41) is 0. The maximum atomic E-state index is 5.69. The molecule has 0 aromatic heterocycles. The third-order valence-electron chi connectivity index (χ3n) is 2.31. The maximum absolute atomic E-state index is 5.69. The largest absolute Gasteiger partial charge is 0.497 e. The zero-order chi connectivity index (χ0) is 12.1. The molecule has 0 fully saturated rings. The second kappa shape index (κ2) is 5.09. The van der Waals surface area contributed by atoms with Crippen LogP contribution >= 0.6 is 0 Å². The van der Waals surface area contributed by atoms with Gasteiger partial charge in [-0.25, -0.2) is 0 Å². The molecule has 0 atom stereocenters. The number of methoxy groups -OCH3 is 1. The molecule has 0 aliphatic carbocycles. The van der Waals surface area contributed by atoms with Crippen molar-refractivity contribution in [3.05, 3.63) is 59.7 Å². The smallest absolute Gasteiger partial charge is 0.120 e. The zero-order valence-corrected chi connectivity index (χ0v) is 9.60. The van der Waals surface area contributed by atoms with Crippen LogP contribution in [0.2, 0.25) is 0 Å². The summed E-state index contributed by atoms with van der Waals surface area (Å²) >= 11 is 0. The van der Waals surface area contributed by atoms with E-state index in [4.69, 9.17) is 10.5 Å². The fourth-order valence-corrected chi connectivity index (χ4v) is 1.46. The number of nitrogens with two attached hydrogens (primary N) is 1. The second-order valence-corrected chi connectivity index (χ2v) is 3.61. The highest BCUT2D eigenvalue weighted by Gasteiger charge is 1.92. The van der Waals surface area contributed by atoms with E-state index in [9.17, 15) is 0 Å². The summed E-state index contributed by atoms with van der Waals surface area (Å²) in [5.74, 6) is 6.95. The van der Waals surface area contributed by atoms with E-state index in [0.717, 1.165) is 22.6 Å². The van der Waals surface area contributed by atoms with E-state index in [1.165, 1.54) is 0 Å². The van der Waals surface area contributed by atoms with E-state index in [1.807, 2.05) is 48.5 Å². The Labute approximate surface area is 101 Å². The standard InChI is InChI=1S/C15H13NO/c1-17-15-7-3-5-13(11-15)9-8-12-4-2-6-14(16)10-12/h2-7,10-11H,16H2,1H3. The van der Waals surface area contributed by atoms with Crippen LogP contribution < -0.4 is 10.5 Å². The molecule has 17 heavy (non-hydrogen) atoms. The van der Waals surface area contributed by atoms with Crippen molar-refractivity contribution < 1.29 is 4.74 Å². The highest BCUT2D eigenvalue weighted by Crippen LogP contribution is 2.11. The van der Waals surface area contributed by atoms with Crippen LogP contribution in [0.4, 0.5) is 5.69 Å². The molecule has 0 aliphatic heterocycles. The van der Waals surface area contributed by atoms with Gasteiger partial charge in [0, 0.05) is 16.8 Å². The van der Waals surface area contributed by atoms with Crippen LogP contribution in [0, 0.1) is 11.8 Å². The van der Waals surface area contributed by atoms with Crippen molar-refractivity contribution in [3.63, 3.8) is 0 Å². The molecule has 0 aliphatic rings. The minimum Gasteiger partial charge on any atom is -0.497 e. The van der Waals surface area contributed by atoms with Crippen molar-refractivity contribution in [3.8, 4) is 17.6 Å². The molecule has 0 heterocycles. The minimum absolute atomic E-state index is 0.724. The molecule has 2 aromatic carbocycles. The van der Waals surface area contributed by atoms with Crippen LogP contribution in [0.25, 0.3) is 0 Å². The third kappa shape index (κ3) is 3.02. The van der Waals surface area contributed by atoms with E-state index >= 15 is 0 Å². The van der Waals surface area contributed by atoms with Crippen molar-refractivity contribution in [2.75, 3.05) is 12.8 Å². The Hall–Kier alpha value is -2.40. The number of hydrogen-bond acceptors (Lipinski definition) is 2. The van der Waals surface area contributed by atoms with Gasteiger partial charge in [0.2, 0.25) is 0 Å². The summed E-state index contributed by atoms with van der Waals surface area (Å²) in [6.45, 7) is 0. The number of nitrogen functional groups attached to an aromatic ring is 1. The van der Waals surface area contributed by atoms with Gasteiger partial charge < -0.3 is 10.5 Å². The van der Waals surface area contributed by atoms with Crippen molar-refractivity contribution in [2.24, 2.45) is 0 Å². The second-order valence-electron chi connectivity index (χ2n) is 3.61. The fourth-order valence-electron chi connectivity index (χ4n) is 1.46. The average Bonchev–Trinajstić information content (AvgIpc) is 2.37. The lowest BCUT2D eigenvalue weighted by Gasteiger charge is -1.98. The Morgan fingerprint density at radius 3 is 2.24 bits per heavy atom. The first-order valence-electron chi connectivity index (χ1n) is 5.29.